The van der Waals surface area contributed by atoms with Gasteiger partial charge in [0, 0.05) is 0 Å². The Morgan fingerprint density at radius 1 is 1.53 bits per heavy atom. The molecule has 0 atom stereocenters. The van der Waals surface area contributed by atoms with E-state index >= 15 is 0 Å². The van der Waals surface area contributed by atoms with Gasteiger partial charge in [0.15, 0.2) is 5.82 Å². The molecule has 0 aliphatic heterocycles. The van der Waals surface area contributed by atoms with E-state index in [1.165, 1.54) is 6.20 Å². The van der Waals surface area contributed by atoms with Gasteiger partial charge < -0.3 is 4.74 Å². The first kappa shape index (κ1) is 13.2. The van der Waals surface area contributed by atoms with Crippen molar-refractivity contribution in [3.05, 3.63) is 44.9 Å². The monoisotopic (exact) mass is 323 g/mol. The van der Waals surface area contributed by atoms with Crippen LogP contribution in [0.25, 0.3) is 0 Å². The van der Waals surface area contributed by atoms with Crippen LogP contribution in [0.4, 0.5) is 5.82 Å². The second-order valence-electron chi connectivity index (χ2n) is 3.44. The molecule has 0 unspecified atom stereocenters. The first-order valence-corrected chi connectivity index (χ1v) is 6.02. The van der Waals surface area contributed by atoms with Crippen LogP contribution in [0.1, 0.15) is 5.56 Å². The van der Waals surface area contributed by atoms with Crippen molar-refractivity contribution < 1.29 is 4.74 Å². The van der Waals surface area contributed by atoms with Crippen LogP contribution < -0.4 is 15.9 Å². The zero-order valence-electron chi connectivity index (χ0n) is 9.92. The molecule has 2 N–H and O–H groups in total. The Morgan fingerprint density at radius 3 is 3.05 bits per heavy atom. The van der Waals surface area contributed by atoms with Crippen molar-refractivity contribution in [2.45, 2.75) is 0 Å². The summed E-state index contributed by atoms with van der Waals surface area (Å²) in [5.74, 6) is 1.01. The van der Waals surface area contributed by atoms with Crippen molar-refractivity contribution >= 4 is 28.0 Å². The minimum atomic E-state index is -0.535. The van der Waals surface area contributed by atoms with E-state index < -0.39 is 5.69 Å². The highest BCUT2D eigenvalue weighted by Crippen LogP contribution is 2.24. The van der Waals surface area contributed by atoms with E-state index in [-0.39, 0.29) is 5.82 Å². The summed E-state index contributed by atoms with van der Waals surface area (Å²) < 4.78 is 5.95. The van der Waals surface area contributed by atoms with Crippen LogP contribution in [0.5, 0.6) is 5.75 Å². The lowest BCUT2D eigenvalue weighted by molar-refractivity contribution is 0.412. The average molecular weight is 324 g/mol. The third-order valence-electron chi connectivity index (χ3n) is 2.14. The molecule has 0 radical (unpaired) electrons. The van der Waals surface area contributed by atoms with Gasteiger partial charge in [0.2, 0.25) is 0 Å². The molecule has 19 heavy (non-hydrogen) atoms. The molecule has 0 fully saturated rings. The molecule has 0 bridgehead atoms. The molecule has 0 spiro atoms. The number of halogens is 1. The number of hydrogen-bond acceptors (Lipinski definition) is 6. The zero-order valence-corrected chi connectivity index (χ0v) is 11.5. The fourth-order valence-corrected chi connectivity index (χ4v) is 1.86. The van der Waals surface area contributed by atoms with Crippen molar-refractivity contribution in [1.29, 1.82) is 0 Å². The van der Waals surface area contributed by atoms with E-state index in [2.05, 4.69) is 41.6 Å². The van der Waals surface area contributed by atoms with Crippen molar-refractivity contribution in [1.82, 2.24) is 15.2 Å². The van der Waals surface area contributed by atoms with Crippen LogP contribution >= 0.6 is 15.9 Å². The van der Waals surface area contributed by atoms with E-state index in [1.807, 2.05) is 18.2 Å². The minimum absolute atomic E-state index is 0.271. The average Bonchev–Trinajstić information content (AvgIpc) is 2.39. The number of aromatic amines is 1. The second kappa shape index (κ2) is 6.10. The summed E-state index contributed by atoms with van der Waals surface area (Å²) >= 11 is 3.38. The highest BCUT2D eigenvalue weighted by atomic mass is 79.9. The number of hydrazone groups is 1. The number of hydrogen-bond donors (Lipinski definition) is 2. The molecule has 8 heteroatoms. The number of ether oxygens (including phenoxy) is 1. The highest BCUT2D eigenvalue weighted by Gasteiger charge is 1.99. The molecule has 98 valence electrons. The molecule has 2 aromatic rings. The molecule has 0 aliphatic carbocycles. The number of anilines is 1. The van der Waals surface area contributed by atoms with Gasteiger partial charge in [-0.15, -0.1) is 0 Å². The Morgan fingerprint density at radius 2 is 2.37 bits per heavy atom. The van der Waals surface area contributed by atoms with Crippen molar-refractivity contribution in [3.63, 3.8) is 0 Å². The van der Waals surface area contributed by atoms with Crippen LogP contribution in [0.3, 0.4) is 0 Å². The van der Waals surface area contributed by atoms with Crippen LogP contribution in [-0.2, 0) is 0 Å². The normalized spacial score (nSPS) is 10.6. The standard InChI is InChI=1S/C11H10BrN5O2/c1-19-9-3-2-7(4-8(9)12)5-13-16-10-6-14-17-11(18)15-10/h2-6H,1H3,(H2,15,16,17,18)/b13-5+. The lowest BCUT2D eigenvalue weighted by Crippen LogP contribution is -2.13. The number of rotatable bonds is 4. The first-order valence-electron chi connectivity index (χ1n) is 5.23. The summed E-state index contributed by atoms with van der Waals surface area (Å²) in [5.41, 5.74) is 2.94. The maximum Gasteiger partial charge on any atom is 0.363 e. The fraction of sp³-hybridized carbons (Fsp3) is 0.0909. The maximum atomic E-state index is 10.9. The molecular formula is C11H10BrN5O2. The second-order valence-corrected chi connectivity index (χ2v) is 4.29. The number of H-pyrrole nitrogens is 1. The van der Waals surface area contributed by atoms with Crippen LogP contribution in [0.2, 0.25) is 0 Å². The Labute approximate surface area is 116 Å². The number of aromatic nitrogens is 3. The van der Waals surface area contributed by atoms with Gasteiger partial charge in [-0.05, 0) is 39.7 Å². The molecule has 0 aliphatic rings. The molecule has 2 rings (SSSR count). The highest BCUT2D eigenvalue weighted by molar-refractivity contribution is 9.10. The topological polar surface area (TPSA) is 92.3 Å². The summed E-state index contributed by atoms with van der Waals surface area (Å²) in [4.78, 5) is 14.5. The van der Waals surface area contributed by atoms with E-state index in [9.17, 15) is 4.79 Å². The molecule has 0 saturated heterocycles. The van der Waals surface area contributed by atoms with Gasteiger partial charge in [-0.2, -0.15) is 15.2 Å². The molecule has 7 nitrogen and oxygen atoms in total. The van der Waals surface area contributed by atoms with Gasteiger partial charge in [0.1, 0.15) is 5.75 Å². The maximum absolute atomic E-state index is 10.9. The smallest absolute Gasteiger partial charge is 0.363 e. The van der Waals surface area contributed by atoms with Gasteiger partial charge >= 0.3 is 5.69 Å². The Bertz CT molecular complexity index is 656. The van der Waals surface area contributed by atoms with Gasteiger partial charge in [-0.1, -0.05) is 0 Å². The molecular weight excluding hydrogens is 314 g/mol. The third-order valence-corrected chi connectivity index (χ3v) is 2.76. The largest absolute Gasteiger partial charge is 0.496 e. The summed E-state index contributed by atoms with van der Waals surface area (Å²) in [6.07, 6.45) is 2.95. The number of benzene rings is 1. The molecule has 0 saturated carbocycles. The van der Waals surface area contributed by atoms with Gasteiger partial charge in [-0.3, -0.25) is 5.43 Å². The summed E-state index contributed by atoms with van der Waals surface area (Å²) in [5, 5.41) is 9.72. The molecule has 0 amide bonds. The van der Waals surface area contributed by atoms with Gasteiger partial charge in [0.05, 0.1) is 24.0 Å². The Hall–Kier alpha value is -2.22. The first-order chi connectivity index (χ1) is 9.19. The van der Waals surface area contributed by atoms with E-state index in [4.69, 9.17) is 4.74 Å². The lowest BCUT2D eigenvalue weighted by atomic mass is 10.2. The Kier molecular flexibility index (Phi) is 4.24. The Balaban J connectivity index is 2.07. The predicted octanol–water partition coefficient (Wildman–Crippen LogP) is 1.38. The van der Waals surface area contributed by atoms with Gasteiger partial charge in [-0.25, -0.2) is 9.89 Å². The molecule has 1 heterocycles. The fourth-order valence-electron chi connectivity index (χ4n) is 1.30. The van der Waals surface area contributed by atoms with Crippen LogP contribution in [0, 0.1) is 0 Å². The molecule has 1 aromatic carbocycles. The summed E-state index contributed by atoms with van der Waals surface area (Å²) in [6, 6.07) is 5.52. The SMILES string of the molecule is COc1ccc(/C=N/Nc2cn[nH]c(=O)n2)cc1Br. The van der Waals surface area contributed by atoms with E-state index in [0.29, 0.717) is 0 Å². The van der Waals surface area contributed by atoms with Crippen LogP contribution in [0.15, 0.2) is 38.8 Å². The third kappa shape index (κ3) is 3.62. The minimum Gasteiger partial charge on any atom is -0.496 e. The number of methoxy groups -OCH3 is 1. The predicted molar refractivity (Wildman–Crippen MR) is 74.6 cm³/mol. The number of nitrogens with zero attached hydrogens (tertiary/aromatic N) is 3. The van der Waals surface area contributed by atoms with Crippen molar-refractivity contribution in [3.8, 4) is 5.75 Å². The lowest BCUT2D eigenvalue weighted by Gasteiger charge is -2.03. The van der Waals surface area contributed by atoms with E-state index in [1.54, 1.807) is 13.3 Å². The van der Waals surface area contributed by atoms with Gasteiger partial charge in [0.25, 0.3) is 0 Å². The zero-order chi connectivity index (χ0) is 13.7. The van der Waals surface area contributed by atoms with E-state index in [0.717, 1.165) is 15.8 Å². The van der Waals surface area contributed by atoms with Crippen molar-refractivity contribution in [2.75, 3.05) is 12.5 Å². The summed E-state index contributed by atoms with van der Waals surface area (Å²) in [7, 11) is 1.60. The molecule has 1 aromatic heterocycles. The quantitative estimate of drug-likeness (QED) is 0.655. The summed E-state index contributed by atoms with van der Waals surface area (Å²) in [6.45, 7) is 0. The van der Waals surface area contributed by atoms with Crippen LogP contribution in [-0.4, -0.2) is 28.5 Å². The van der Waals surface area contributed by atoms with Crippen molar-refractivity contribution in [2.24, 2.45) is 5.10 Å². The number of nitrogens with one attached hydrogen (secondary N) is 2.